The van der Waals surface area contributed by atoms with E-state index in [-0.39, 0.29) is 5.56 Å². The lowest BCUT2D eigenvalue weighted by Crippen LogP contribution is -2.04. The Labute approximate surface area is 165 Å². The molecule has 0 amide bonds. The fourth-order valence-corrected chi connectivity index (χ4v) is 3.75. The van der Waals surface area contributed by atoms with Crippen molar-refractivity contribution in [2.75, 3.05) is 14.2 Å². The molecule has 0 aliphatic carbocycles. The fourth-order valence-electron chi connectivity index (χ4n) is 2.76. The van der Waals surface area contributed by atoms with Gasteiger partial charge in [0.2, 0.25) is 5.88 Å². The summed E-state index contributed by atoms with van der Waals surface area (Å²) in [5.74, 6) is 0.724. The summed E-state index contributed by atoms with van der Waals surface area (Å²) >= 11 is 1.55. The van der Waals surface area contributed by atoms with Gasteiger partial charge in [-0.1, -0.05) is 30.3 Å². The summed E-state index contributed by atoms with van der Waals surface area (Å²) in [5.41, 5.74) is 1.38. The third kappa shape index (κ3) is 3.39. The largest absolute Gasteiger partial charge is 0.497 e. The maximum Gasteiger partial charge on any atom is 0.341 e. The number of hydrogen-bond acceptors (Lipinski definition) is 7. The van der Waals surface area contributed by atoms with Crippen LogP contribution in [0.1, 0.15) is 10.4 Å². The number of fused-ring (bicyclic) bond motifs is 1. The summed E-state index contributed by atoms with van der Waals surface area (Å²) in [6.07, 6.45) is 1.45. The molecule has 4 rings (SSSR count). The second-order valence-corrected chi connectivity index (χ2v) is 6.86. The SMILES string of the molecule is COC(=O)c1ccc(OC)cc1Oc1ncnc2sc(-c3ccccc3)cc12. The molecule has 0 N–H and O–H groups in total. The van der Waals surface area contributed by atoms with Gasteiger partial charge in [0, 0.05) is 10.9 Å². The van der Waals surface area contributed by atoms with Gasteiger partial charge in [-0.3, -0.25) is 0 Å². The minimum atomic E-state index is -0.502. The molecule has 140 valence electrons. The molecule has 0 aliphatic heterocycles. The molecule has 28 heavy (non-hydrogen) atoms. The van der Waals surface area contributed by atoms with Crippen molar-refractivity contribution in [3.8, 4) is 27.8 Å². The molecular weight excluding hydrogens is 376 g/mol. The van der Waals surface area contributed by atoms with Crippen LogP contribution in [0.25, 0.3) is 20.7 Å². The third-order valence-electron chi connectivity index (χ3n) is 4.15. The van der Waals surface area contributed by atoms with Gasteiger partial charge in [-0.25, -0.2) is 14.8 Å². The molecule has 7 heteroatoms. The van der Waals surface area contributed by atoms with Gasteiger partial charge in [0.15, 0.2) is 0 Å². The van der Waals surface area contributed by atoms with Crippen molar-refractivity contribution in [2.24, 2.45) is 0 Å². The summed E-state index contributed by atoms with van der Waals surface area (Å²) in [6, 6.07) is 16.9. The van der Waals surface area contributed by atoms with Crippen LogP contribution in [0.3, 0.4) is 0 Å². The highest BCUT2D eigenvalue weighted by Crippen LogP contribution is 2.38. The Morgan fingerprint density at radius 3 is 2.57 bits per heavy atom. The monoisotopic (exact) mass is 392 g/mol. The minimum absolute atomic E-state index is 0.286. The van der Waals surface area contributed by atoms with Crippen LogP contribution in [0.2, 0.25) is 0 Å². The Morgan fingerprint density at radius 1 is 1.00 bits per heavy atom. The van der Waals surface area contributed by atoms with Crippen molar-refractivity contribution in [3.63, 3.8) is 0 Å². The van der Waals surface area contributed by atoms with Crippen LogP contribution >= 0.6 is 11.3 Å². The van der Waals surface area contributed by atoms with Gasteiger partial charge in [0.1, 0.15) is 28.2 Å². The smallest absolute Gasteiger partial charge is 0.341 e. The Bertz CT molecular complexity index is 1140. The zero-order valence-corrected chi connectivity index (χ0v) is 16.0. The number of methoxy groups -OCH3 is 2. The Kier molecular flexibility index (Phi) is 4.90. The lowest BCUT2D eigenvalue weighted by Gasteiger charge is -2.11. The van der Waals surface area contributed by atoms with Gasteiger partial charge in [-0.2, -0.15) is 0 Å². The van der Waals surface area contributed by atoms with E-state index in [2.05, 4.69) is 9.97 Å². The van der Waals surface area contributed by atoms with E-state index in [0.29, 0.717) is 17.4 Å². The molecule has 0 aliphatic rings. The van der Waals surface area contributed by atoms with E-state index in [1.54, 1.807) is 36.6 Å². The summed E-state index contributed by atoms with van der Waals surface area (Å²) < 4.78 is 16.1. The predicted octanol–water partition coefficient (Wildman–Crippen LogP) is 4.95. The normalized spacial score (nSPS) is 10.6. The molecule has 6 nitrogen and oxygen atoms in total. The highest BCUT2D eigenvalue weighted by Gasteiger charge is 2.18. The van der Waals surface area contributed by atoms with Gasteiger partial charge in [-0.05, 0) is 23.8 Å². The molecule has 2 heterocycles. The average molecular weight is 392 g/mol. The molecular formula is C21H16N2O4S. The molecule has 0 fully saturated rings. The van der Waals surface area contributed by atoms with Crippen LogP contribution in [0.4, 0.5) is 0 Å². The average Bonchev–Trinajstić information content (AvgIpc) is 3.19. The number of benzene rings is 2. The van der Waals surface area contributed by atoms with Gasteiger partial charge in [0.05, 0.1) is 19.6 Å². The van der Waals surface area contributed by atoms with Crippen LogP contribution < -0.4 is 9.47 Å². The van der Waals surface area contributed by atoms with Crippen molar-refractivity contribution < 1.29 is 19.0 Å². The summed E-state index contributed by atoms with van der Waals surface area (Å²) in [5, 5.41) is 0.769. The van der Waals surface area contributed by atoms with Crippen molar-refractivity contribution >= 4 is 27.5 Å². The topological polar surface area (TPSA) is 70.5 Å². The van der Waals surface area contributed by atoms with E-state index >= 15 is 0 Å². The zero-order chi connectivity index (χ0) is 19.5. The lowest BCUT2D eigenvalue weighted by molar-refractivity contribution is 0.0598. The second kappa shape index (κ2) is 7.66. The van der Waals surface area contributed by atoms with E-state index in [1.807, 2.05) is 36.4 Å². The number of hydrogen-bond donors (Lipinski definition) is 0. The number of ether oxygens (including phenoxy) is 3. The Hall–Kier alpha value is -3.45. The number of esters is 1. The molecule has 0 saturated heterocycles. The molecule has 0 bridgehead atoms. The van der Waals surface area contributed by atoms with E-state index < -0.39 is 5.97 Å². The van der Waals surface area contributed by atoms with E-state index in [0.717, 1.165) is 20.7 Å². The van der Waals surface area contributed by atoms with E-state index in [1.165, 1.54) is 13.4 Å². The van der Waals surface area contributed by atoms with E-state index in [4.69, 9.17) is 14.2 Å². The maximum absolute atomic E-state index is 12.1. The number of aromatic nitrogens is 2. The van der Waals surface area contributed by atoms with Crippen LogP contribution in [0.5, 0.6) is 17.4 Å². The van der Waals surface area contributed by atoms with Crippen LogP contribution in [-0.4, -0.2) is 30.2 Å². The summed E-state index contributed by atoms with van der Waals surface area (Å²) in [6.45, 7) is 0. The van der Waals surface area contributed by atoms with Crippen LogP contribution in [-0.2, 0) is 4.74 Å². The van der Waals surface area contributed by atoms with Gasteiger partial charge >= 0.3 is 5.97 Å². The number of carbonyl (C=O) groups is 1. The number of carbonyl (C=O) groups excluding carboxylic acids is 1. The van der Waals surface area contributed by atoms with Gasteiger partial charge < -0.3 is 14.2 Å². The Morgan fingerprint density at radius 2 is 1.82 bits per heavy atom. The molecule has 4 aromatic rings. The number of nitrogens with zero attached hydrogens (tertiary/aromatic N) is 2. The lowest BCUT2D eigenvalue weighted by atomic mass is 10.2. The molecule has 2 aromatic heterocycles. The summed E-state index contributed by atoms with van der Waals surface area (Å²) in [7, 11) is 2.87. The quantitative estimate of drug-likeness (QED) is 0.448. The summed E-state index contributed by atoms with van der Waals surface area (Å²) in [4.78, 5) is 22.6. The molecule has 0 spiro atoms. The minimum Gasteiger partial charge on any atom is -0.497 e. The molecule has 2 aromatic carbocycles. The van der Waals surface area contributed by atoms with Crippen molar-refractivity contribution in [1.29, 1.82) is 0 Å². The van der Waals surface area contributed by atoms with Crippen LogP contribution in [0, 0.1) is 0 Å². The van der Waals surface area contributed by atoms with E-state index in [9.17, 15) is 4.79 Å². The van der Waals surface area contributed by atoms with Crippen molar-refractivity contribution in [1.82, 2.24) is 9.97 Å². The molecule has 0 saturated carbocycles. The van der Waals surface area contributed by atoms with Gasteiger partial charge in [0.25, 0.3) is 0 Å². The third-order valence-corrected chi connectivity index (χ3v) is 5.24. The first kappa shape index (κ1) is 17.9. The second-order valence-electron chi connectivity index (χ2n) is 5.83. The fraction of sp³-hybridized carbons (Fsp3) is 0.0952. The maximum atomic E-state index is 12.1. The van der Waals surface area contributed by atoms with Gasteiger partial charge in [-0.15, -0.1) is 11.3 Å². The first-order valence-corrected chi connectivity index (χ1v) is 9.25. The molecule has 0 unspecified atom stereocenters. The standard InChI is InChI=1S/C21H16N2O4S/c1-25-14-8-9-15(21(24)26-2)17(10-14)27-19-16-11-18(13-6-4-3-5-7-13)28-20(16)23-12-22-19/h3-12H,1-2H3. The predicted molar refractivity (Wildman–Crippen MR) is 107 cm³/mol. The molecule has 0 radical (unpaired) electrons. The highest BCUT2D eigenvalue weighted by atomic mass is 32.1. The first-order valence-electron chi connectivity index (χ1n) is 8.44. The molecule has 0 atom stereocenters. The van der Waals surface area contributed by atoms with Crippen LogP contribution in [0.15, 0.2) is 60.9 Å². The number of rotatable bonds is 5. The Balaban J connectivity index is 1.78. The van der Waals surface area contributed by atoms with Crippen molar-refractivity contribution in [2.45, 2.75) is 0 Å². The highest BCUT2D eigenvalue weighted by molar-refractivity contribution is 7.21. The first-order chi connectivity index (χ1) is 13.7. The number of thiophene rings is 1. The van der Waals surface area contributed by atoms with Crippen molar-refractivity contribution in [3.05, 3.63) is 66.5 Å². The zero-order valence-electron chi connectivity index (χ0n) is 15.2.